The molecule has 0 aromatic carbocycles. The van der Waals surface area contributed by atoms with Crippen molar-refractivity contribution in [2.24, 2.45) is 0 Å². The van der Waals surface area contributed by atoms with Gasteiger partial charge in [-0.1, -0.05) is 11.6 Å². The highest BCUT2D eigenvalue weighted by atomic mass is 35.5. The summed E-state index contributed by atoms with van der Waals surface area (Å²) in [7, 11) is 0. The molecule has 0 saturated carbocycles. The molecule has 0 saturated heterocycles. The Morgan fingerprint density at radius 2 is 1.89 bits per heavy atom. The summed E-state index contributed by atoms with van der Waals surface area (Å²) in [5.41, 5.74) is -3.37. The van der Waals surface area contributed by atoms with Crippen LogP contribution in [0.3, 0.4) is 0 Å². The molecule has 0 aliphatic heterocycles. The third-order valence-corrected chi connectivity index (χ3v) is 2.47. The number of hydrogen-bond acceptors (Lipinski definition) is 4. The van der Waals surface area contributed by atoms with Crippen molar-refractivity contribution in [3.8, 4) is 0 Å². The number of carboxylic acid groups (broad SMARTS) is 1. The van der Waals surface area contributed by atoms with Gasteiger partial charge in [-0.3, -0.25) is 0 Å². The molecule has 2 aromatic rings. The number of pyridine rings is 2. The lowest BCUT2D eigenvalue weighted by atomic mass is 10.1. The molecule has 0 bridgehead atoms. The van der Waals surface area contributed by atoms with Crippen molar-refractivity contribution >= 4 is 28.6 Å². The fourth-order valence-electron chi connectivity index (χ4n) is 1.43. The number of carbonyl (C=O) groups excluding carboxylic acids is 1. The van der Waals surface area contributed by atoms with E-state index in [1.807, 2.05) is 0 Å². The summed E-state index contributed by atoms with van der Waals surface area (Å²) in [6, 6.07) is 1.33. The van der Waals surface area contributed by atoms with Crippen molar-refractivity contribution < 1.29 is 27.5 Å². The summed E-state index contributed by atoms with van der Waals surface area (Å²) < 4.78 is 51.0. The fraction of sp³-hybridized carbons (Fsp3) is 0.100. The zero-order chi connectivity index (χ0) is 14.4. The second-order valence-corrected chi connectivity index (χ2v) is 3.84. The Balaban J connectivity index is 2.84. The van der Waals surface area contributed by atoms with E-state index in [2.05, 4.69) is 9.97 Å². The van der Waals surface area contributed by atoms with Crippen LogP contribution in [-0.2, 0) is 6.18 Å². The molecule has 0 N–H and O–H groups in total. The lowest BCUT2D eigenvalue weighted by Crippen LogP contribution is -2.27. The first-order valence-electron chi connectivity index (χ1n) is 4.65. The number of carboxylic acids is 1. The van der Waals surface area contributed by atoms with E-state index in [1.165, 1.54) is 0 Å². The van der Waals surface area contributed by atoms with Crippen LogP contribution in [0.1, 0.15) is 16.1 Å². The Morgan fingerprint density at radius 1 is 1.26 bits per heavy atom. The van der Waals surface area contributed by atoms with Gasteiger partial charge in [-0.25, -0.2) is 14.4 Å². The second kappa shape index (κ2) is 4.30. The molecule has 0 spiro atoms. The summed E-state index contributed by atoms with van der Waals surface area (Å²) in [4.78, 5) is 17.0. The Bertz CT molecular complexity index is 687. The Kier molecular flexibility index (Phi) is 3.05. The molecule has 0 amide bonds. The number of aromatic nitrogens is 2. The molecule has 0 atom stereocenters. The average molecular weight is 294 g/mol. The topological polar surface area (TPSA) is 65.9 Å². The lowest BCUT2D eigenvalue weighted by molar-refractivity contribution is -0.255. The van der Waals surface area contributed by atoms with E-state index in [1.54, 1.807) is 0 Å². The third kappa shape index (κ3) is 2.43. The summed E-state index contributed by atoms with van der Waals surface area (Å²) in [5.74, 6) is -3.07. The highest BCUT2D eigenvalue weighted by Crippen LogP contribution is 2.32. The molecule has 2 heterocycles. The number of aromatic carboxylic acids is 1. The molecule has 9 heteroatoms. The molecule has 2 rings (SSSR count). The molecule has 19 heavy (non-hydrogen) atoms. The SMILES string of the molecule is O=C([O-])c1cc2cc(F)c(Cl)nc2nc1C(F)(F)F. The smallest absolute Gasteiger partial charge is 0.434 e. The first kappa shape index (κ1) is 13.5. The molecular weight excluding hydrogens is 292 g/mol. The maximum absolute atomic E-state index is 13.1. The molecule has 0 unspecified atom stereocenters. The standard InChI is InChI=1S/C10H3ClF4N2O2/c11-7-5(12)2-3-1-4(9(18)19)6(10(13,14)15)16-8(3)17-7/h1-2H,(H,18,19)/p-1. The monoisotopic (exact) mass is 293 g/mol. The van der Waals surface area contributed by atoms with Crippen molar-refractivity contribution in [1.29, 1.82) is 0 Å². The van der Waals surface area contributed by atoms with Gasteiger partial charge in [0.1, 0.15) is 0 Å². The Labute approximate surface area is 107 Å². The number of halogens is 5. The Hall–Kier alpha value is -1.96. The van der Waals surface area contributed by atoms with Crippen LogP contribution in [-0.4, -0.2) is 15.9 Å². The summed E-state index contributed by atoms with van der Waals surface area (Å²) in [6.07, 6.45) is -5.01. The van der Waals surface area contributed by atoms with E-state index in [0.29, 0.717) is 6.07 Å². The van der Waals surface area contributed by atoms with Gasteiger partial charge >= 0.3 is 6.18 Å². The third-order valence-electron chi connectivity index (χ3n) is 2.20. The van der Waals surface area contributed by atoms with Gasteiger partial charge in [0.2, 0.25) is 0 Å². The predicted molar refractivity (Wildman–Crippen MR) is 53.8 cm³/mol. The number of alkyl halides is 3. The van der Waals surface area contributed by atoms with E-state index in [4.69, 9.17) is 11.6 Å². The van der Waals surface area contributed by atoms with Crippen LogP contribution in [0.4, 0.5) is 17.6 Å². The van der Waals surface area contributed by atoms with Gasteiger partial charge in [0.25, 0.3) is 0 Å². The van der Waals surface area contributed by atoms with E-state index in [-0.39, 0.29) is 5.39 Å². The van der Waals surface area contributed by atoms with Gasteiger partial charge in [-0.05, 0) is 12.1 Å². The molecular formula is C10H2ClF4N2O2-. The largest absolute Gasteiger partial charge is 0.545 e. The number of carbonyl (C=O) groups is 1. The van der Waals surface area contributed by atoms with Crippen LogP contribution in [0.2, 0.25) is 5.15 Å². The quantitative estimate of drug-likeness (QED) is 0.594. The lowest BCUT2D eigenvalue weighted by Gasteiger charge is -2.13. The zero-order valence-electron chi connectivity index (χ0n) is 8.76. The van der Waals surface area contributed by atoms with Crippen LogP contribution < -0.4 is 5.11 Å². The highest BCUT2D eigenvalue weighted by Gasteiger charge is 2.36. The molecule has 0 radical (unpaired) electrons. The van der Waals surface area contributed by atoms with Gasteiger partial charge in [0, 0.05) is 10.9 Å². The molecule has 0 aliphatic rings. The van der Waals surface area contributed by atoms with Gasteiger partial charge in [-0.15, -0.1) is 0 Å². The first-order valence-corrected chi connectivity index (χ1v) is 5.03. The van der Waals surface area contributed by atoms with E-state index in [9.17, 15) is 27.5 Å². The maximum atomic E-state index is 13.1. The minimum atomic E-state index is -5.01. The molecule has 2 aromatic heterocycles. The molecule has 4 nitrogen and oxygen atoms in total. The van der Waals surface area contributed by atoms with Crippen molar-refractivity contribution in [1.82, 2.24) is 9.97 Å². The molecule has 100 valence electrons. The zero-order valence-corrected chi connectivity index (χ0v) is 9.51. The Morgan fingerprint density at radius 3 is 2.42 bits per heavy atom. The maximum Gasteiger partial charge on any atom is 0.434 e. The highest BCUT2D eigenvalue weighted by molar-refractivity contribution is 6.29. The van der Waals surface area contributed by atoms with Crippen LogP contribution in [0.25, 0.3) is 11.0 Å². The number of rotatable bonds is 1. The average Bonchev–Trinajstić information content (AvgIpc) is 2.27. The fourth-order valence-corrected chi connectivity index (χ4v) is 1.56. The van der Waals surface area contributed by atoms with Gasteiger partial charge in [-0.2, -0.15) is 13.2 Å². The van der Waals surface area contributed by atoms with Crippen molar-refractivity contribution in [3.63, 3.8) is 0 Å². The minimum Gasteiger partial charge on any atom is -0.545 e. The van der Waals surface area contributed by atoms with Crippen molar-refractivity contribution in [2.75, 3.05) is 0 Å². The van der Waals surface area contributed by atoms with E-state index < -0.39 is 40.0 Å². The number of nitrogens with zero attached hydrogens (tertiary/aromatic N) is 2. The normalized spacial score (nSPS) is 11.8. The molecule has 0 fully saturated rings. The summed E-state index contributed by atoms with van der Waals surface area (Å²) in [6.45, 7) is 0. The van der Waals surface area contributed by atoms with E-state index in [0.717, 1.165) is 6.07 Å². The van der Waals surface area contributed by atoms with Crippen LogP contribution in [0.5, 0.6) is 0 Å². The molecule has 0 aliphatic carbocycles. The predicted octanol–water partition coefficient (Wildman–Crippen LogP) is 1.80. The van der Waals surface area contributed by atoms with Crippen LogP contribution in [0, 0.1) is 5.82 Å². The van der Waals surface area contributed by atoms with Gasteiger partial charge in [0.05, 0.1) is 5.97 Å². The minimum absolute atomic E-state index is 0.228. The summed E-state index contributed by atoms with van der Waals surface area (Å²) >= 11 is 5.32. The van der Waals surface area contributed by atoms with Crippen molar-refractivity contribution in [2.45, 2.75) is 6.18 Å². The van der Waals surface area contributed by atoms with Crippen LogP contribution in [0.15, 0.2) is 12.1 Å². The second-order valence-electron chi connectivity index (χ2n) is 3.48. The van der Waals surface area contributed by atoms with Crippen molar-refractivity contribution in [3.05, 3.63) is 34.4 Å². The van der Waals surface area contributed by atoms with E-state index >= 15 is 0 Å². The summed E-state index contributed by atoms with van der Waals surface area (Å²) in [5, 5.41) is 9.79. The number of hydrogen-bond donors (Lipinski definition) is 0. The van der Waals surface area contributed by atoms with Gasteiger partial charge in [0.15, 0.2) is 22.3 Å². The van der Waals surface area contributed by atoms with Crippen LogP contribution >= 0.6 is 11.6 Å². The van der Waals surface area contributed by atoms with Gasteiger partial charge < -0.3 is 9.90 Å². The first-order chi connectivity index (χ1) is 8.70. The number of fused-ring (bicyclic) bond motifs is 1.